The normalized spacial score (nSPS) is 14.6. The zero-order chi connectivity index (χ0) is 12.9. The lowest BCUT2D eigenvalue weighted by molar-refractivity contribution is -0.155. The van der Waals surface area contributed by atoms with Crippen LogP contribution in [0.1, 0.15) is 40.5 Å². The van der Waals surface area contributed by atoms with E-state index in [1.54, 1.807) is 18.9 Å². The van der Waals surface area contributed by atoms with Crippen LogP contribution in [0.5, 0.6) is 0 Å². The van der Waals surface area contributed by atoms with Gasteiger partial charge in [0.25, 0.3) is 0 Å². The number of carbonyl (C=O) groups excluding carboxylic acids is 1. The first-order valence-corrected chi connectivity index (χ1v) is 5.73. The molecule has 0 aromatic carbocycles. The Labute approximate surface area is 97.6 Å². The van der Waals surface area contributed by atoms with Crippen LogP contribution in [-0.4, -0.2) is 35.5 Å². The second kappa shape index (κ2) is 5.87. The molecule has 94 valence electrons. The fourth-order valence-corrected chi connectivity index (χ4v) is 1.44. The molecule has 0 aliphatic heterocycles. The molecular weight excluding hydrogens is 206 g/mol. The summed E-state index contributed by atoms with van der Waals surface area (Å²) in [6.45, 7) is 7.97. The molecule has 0 saturated heterocycles. The van der Waals surface area contributed by atoms with Crippen molar-refractivity contribution in [2.75, 3.05) is 13.6 Å². The van der Waals surface area contributed by atoms with E-state index < -0.39 is 11.4 Å². The molecule has 4 heteroatoms. The number of carboxylic acids is 1. The first-order chi connectivity index (χ1) is 7.25. The lowest BCUT2D eigenvalue weighted by Crippen LogP contribution is -2.40. The summed E-state index contributed by atoms with van der Waals surface area (Å²) in [5.41, 5.74) is -0.973. The van der Waals surface area contributed by atoms with Crippen LogP contribution in [0, 0.1) is 11.3 Å². The van der Waals surface area contributed by atoms with Gasteiger partial charge in [0.2, 0.25) is 5.91 Å². The minimum Gasteiger partial charge on any atom is -0.481 e. The Bertz CT molecular complexity index is 263. The zero-order valence-electron chi connectivity index (χ0n) is 10.9. The summed E-state index contributed by atoms with van der Waals surface area (Å²) in [4.78, 5) is 24.6. The molecule has 4 nitrogen and oxygen atoms in total. The second-order valence-electron chi connectivity index (χ2n) is 4.87. The third-order valence-corrected chi connectivity index (χ3v) is 3.27. The van der Waals surface area contributed by atoms with Crippen molar-refractivity contribution >= 4 is 11.9 Å². The average molecular weight is 229 g/mol. The molecule has 0 rings (SSSR count). The van der Waals surface area contributed by atoms with Gasteiger partial charge in [-0.2, -0.15) is 0 Å². The van der Waals surface area contributed by atoms with Crippen LogP contribution in [0.3, 0.4) is 0 Å². The van der Waals surface area contributed by atoms with E-state index in [1.165, 1.54) is 0 Å². The van der Waals surface area contributed by atoms with Crippen molar-refractivity contribution in [1.82, 2.24) is 4.90 Å². The first-order valence-electron chi connectivity index (χ1n) is 5.73. The van der Waals surface area contributed by atoms with E-state index in [0.29, 0.717) is 6.54 Å². The third kappa shape index (κ3) is 3.51. The van der Waals surface area contributed by atoms with E-state index in [2.05, 4.69) is 0 Å². The minimum absolute atomic E-state index is 0.0658. The van der Waals surface area contributed by atoms with Crippen LogP contribution in [0.4, 0.5) is 0 Å². The van der Waals surface area contributed by atoms with Crippen molar-refractivity contribution < 1.29 is 14.7 Å². The molecule has 1 amide bonds. The molecular formula is C12H23NO3. The number of carbonyl (C=O) groups is 2. The maximum atomic E-state index is 11.8. The Hall–Kier alpha value is -1.06. The van der Waals surface area contributed by atoms with Gasteiger partial charge in [-0.05, 0) is 19.3 Å². The van der Waals surface area contributed by atoms with Crippen LogP contribution in [0.2, 0.25) is 0 Å². The molecule has 0 aromatic heterocycles. The standard InChI is InChI=1S/C12H23NO3/c1-6-7-13(5)10(14)8-12(4,9(2)3)11(15)16/h9H,6-8H2,1-5H3,(H,15,16). The molecule has 0 fully saturated rings. The summed E-state index contributed by atoms with van der Waals surface area (Å²) in [7, 11) is 1.72. The Morgan fingerprint density at radius 3 is 2.19 bits per heavy atom. The van der Waals surface area contributed by atoms with Crippen LogP contribution in [0.25, 0.3) is 0 Å². The van der Waals surface area contributed by atoms with Crippen molar-refractivity contribution in [1.29, 1.82) is 0 Å². The highest BCUT2D eigenvalue weighted by atomic mass is 16.4. The van der Waals surface area contributed by atoms with E-state index in [0.717, 1.165) is 6.42 Å². The van der Waals surface area contributed by atoms with Gasteiger partial charge in [0.15, 0.2) is 0 Å². The molecule has 1 atom stereocenters. The monoisotopic (exact) mass is 229 g/mol. The fraction of sp³-hybridized carbons (Fsp3) is 0.833. The lowest BCUT2D eigenvalue weighted by Gasteiger charge is -2.30. The van der Waals surface area contributed by atoms with Gasteiger partial charge >= 0.3 is 5.97 Å². The van der Waals surface area contributed by atoms with Gasteiger partial charge in [-0.3, -0.25) is 9.59 Å². The Kier molecular flexibility index (Phi) is 5.48. The van der Waals surface area contributed by atoms with E-state index in [1.807, 2.05) is 20.8 Å². The molecule has 1 N–H and O–H groups in total. The quantitative estimate of drug-likeness (QED) is 0.757. The van der Waals surface area contributed by atoms with Gasteiger partial charge in [0, 0.05) is 20.0 Å². The molecule has 0 heterocycles. The third-order valence-electron chi connectivity index (χ3n) is 3.27. The minimum atomic E-state index is -0.973. The van der Waals surface area contributed by atoms with Gasteiger partial charge < -0.3 is 10.0 Å². The van der Waals surface area contributed by atoms with Gasteiger partial charge in [-0.1, -0.05) is 20.8 Å². The number of nitrogens with zero attached hydrogens (tertiary/aromatic N) is 1. The van der Waals surface area contributed by atoms with Crippen molar-refractivity contribution in [3.63, 3.8) is 0 Å². The highest BCUT2D eigenvalue weighted by Gasteiger charge is 2.39. The molecule has 0 radical (unpaired) electrons. The largest absolute Gasteiger partial charge is 0.481 e. The van der Waals surface area contributed by atoms with Gasteiger partial charge in [0.1, 0.15) is 0 Å². The van der Waals surface area contributed by atoms with Crippen LogP contribution in [-0.2, 0) is 9.59 Å². The molecule has 1 unspecified atom stereocenters. The van der Waals surface area contributed by atoms with Gasteiger partial charge in [0.05, 0.1) is 5.41 Å². The van der Waals surface area contributed by atoms with Crippen molar-refractivity contribution in [2.24, 2.45) is 11.3 Å². The molecule has 0 spiro atoms. The summed E-state index contributed by atoms with van der Waals surface area (Å²) in [5.74, 6) is -1.06. The number of hydrogen-bond acceptors (Lipinski definition) is 2. The Balaban J connectivity index is 4.66. The summed E-state index contributed by atoms with van der Waals surface area (Å²) < 4.78 is 0. The smallest absolute Gasteiger partial charge is 0.310 e. The number of carboxylic acid groups (broad SMARTS) is 1. The fourth-order valence-electron chi connectivity index (χ4n) is 1.44. The zero-order valence-corrected chi connectivity index (χ0v) is 10.9. The summed E-state index contributed by atoms with van der Waals surface area (Å²) >= 11 is 0. The average Bonchev–Trinajstić information content (AvgIpc) is 2.17. The lowest BCUT2D eigenvalue weighted by atomic mass is 9.76. The van der Waals surface area contributed by atoms with E-state index in [9.17, 15) is 14.7 Å². The topological polar surface area (TPSA) is 57.6 Å². The van der Waals surface area contributed by atoms with Crippen LogP contribution in [0.15, 0.2) is 0 Å². The van der Waals surface area contributed by atoms with Crippen LogP contribution >= 0.6 is 0 Å². The number of hydrogen-bond donors (Lipinski definition) is 1. The van der Waals surface area contributed by atoms with E-state index >= 15 is 0 Å². The van der Waals surface area contributed by atoms with Crippen molar-refractivity contribution in [3.05, 3.63) is 0 Å². The molecule has 0 aliphatic rings. The summed E-state index contributed by atoms with van der Waals surface area (Å²) in [5, 5.41) is 9.19. The first kappa shape index (κ1) is 14.9. The molecule has 16 heavy (non-hydrogen) atoms. The van der Waals surface area contributed by atoms with Gasteiger partial charge in [-0.15, -0.1) is 0 Å². The molecule has 0 aliphatic carbocycles. The van der Waals surface area contributed by atoms with Crippen LogP contribution < -0.4 is 0 Å². The molecule has 0 bridgehead atoms. The maximum absolute atomic E-state index is 11.8. The highest BCUT2D eigenvalue weighted by molar-refractivity contribution is 5.84. The summed E-state index contributed by atoms with van der Waals surface area (Å²) in [6.07, 6.45) is 0.949. The van der Waals surface area contributed by atoms with E-state index in [-0.39, 0.29) is 18.2 Å². The second-order valence-corrected chi connectivity index (χ2v) is 4.87. The summed E-state index contributed by atoms with van der Waals surface area (Å²) in [6, 6.07) is 0. The number of amides is 1. The number of aliphatic carboxylic acids is 1. The maximum Gasteiger partial charge on any atom is 0.310 e. The number of rotatable bonds is 6. The van der Waals surface area contributed by atoms with Gasteiger partial charge in [-0.25, -0.2) is 0 Å². The Morgan fingerprint density at radius 1 is 1.38 bits per heavy atom. The predicted octanol–water partition coefficient (Wildman–Crippen LogP) is 1.99. The SMILES string of the molecule is CCCN(C)C(=O)CC(C)(C(=O)O)C(C)C. The Morgan fingerprint density at radius 2 is 1.88 bits per heavy atom. The van der Waals surface area contributed by atoms with E-state index in [4.69, 9.17) is 0 Å². The highest BCUT2D eigenvalue weighted by Crippen LogP contribution is 2.31. The van der Waals surface area contributed by atoms with Crippen molar-refractivity contribution in [3.8, 4) is 0 Å². The molecule has 0 saturated carbocycles. The predicted molar refractivity (Wildman–Crippen MR) is 63.1 cm³/mol. The molecule has 0 aromatic rings. The van der Waals surface area contributed by atoms with Crippen molar-refractivity contribution in [2.45, 2.75) is 40.5 Å².